The normalized spacial score (nSPS) is 23.5. The number of alkyl halides is 4. The van der Waals surface area contributed by atoms with Gasteiger partial charge in [-0.1, -0.05) is 20.3 Å². The number of fused-ring (bicyclic) bond motifs is 7. The maximum Gasteiger partial charge on any atom is 0.417 e. The first-order chi connectivity index (χ1) is 24.1. The lowest BCUT2D eigenvalue weighted by Gasteiger charge is -2.42. The predicted molar refractivity (Wildman–Crippen MR) is 188 cm³/mol. The molecule has 0 spiro atoms. The second-order valence-electron chi connectivity index (χ2n) is 13.5. The number of anilines is 1. The molecule has 4 fully saturated rings. The summed E-state index contributed by atoms with van der Waals surface area (Å²) in [7, 11) is 1.50. The van der Waals surface area contributed by atoms with Crippen molar-refractivity contribution in [1.82, 2.24) is 35.4 Å². The summed E-state index contributed by atoms with van der Waals surface area (Å²) in [6.07, 6.45) is 2.45. The molecule has 268 valence electrons. The Morgan fingerprint density at radius 3 is 2.56 bits per heavy atom. The van der Waals surface area contributed by atoms with Crippen LogP contribution in [-0.4, -0.2) is 101 Å². The number of benzene rings is 1. The van der Waals surface area contributed by atoms with Crippen molar-refractivity contribution in [3.63, 3.8) is 0 Å². The molecule has 10 nitrogen and oxygen atoms in total. The molecular formula is C35H42F4N8O2S. The molecule has 0 aliphatic carbocycles. The van der Waals surface area contributed by atoms with Gasteiger partial charge in [0.2, 0.25) is 0 Å². The largest absolute Gasteiger partial charge is 0.467 e. The van der Waals surface area contributed by atoms with Crippen LogP contribution >= 0.6 is 11.3 Å². The number of pyridine rings is 1. The summed E-state index contributed by atoms with van der Waals surface area (Å²) in [6.45, 7) is 10.1. The Morgan fingerprint density at radius 2 is 1.86 bits per heavy atom. The number of methoxy groups -OCH3 is 1. The van der Waals surface area contributed by atoms with Crippen LogP contribution in [0.15, 0.2) is 24.5 Å². The first-order valence-corrected chi connectivity index (χ1v) is 18.0. The standard InChI is InChI=1S/C25H22F3N7O2S.C7H12FN.C3H8/c1-11-5-16-15(6-30-34-16)17(19(11)25(26,27)28)20-21-14(3-4-29-20)18-22(32-24(36-2)33-23(18)38-21)35-7-12-9-37-10-13(8-35)31-12;8-6-4-7-2-1-3-9(7)5-6;1-3-2/h3-6,12-13,31H,7-10H2,1-2H3,(H,30,34);6-7H,1-5H2;3H2,1-2H3. The maximum absolute atomic E-state index is 14.4. The molecule has 0 saturated carbocycles. The van der Waals surface area contributed by atoms with Crippen LogP contribution in [0, 0.1) is 6.92 Å². The van der Waals surface area contributed by atoms with Crippen molar-refractivity contribution in [3.05, 3.63) is 35.7 Å². The van der Waals surface area contributed by atoms with Gasteiger partial charge in [0, 0.05) is 60.3 Å². The van der Waals surface area contributed by atoms with E-state index in [1.54, 1.807) is 6.20 Å². The fourth-order valence-corrected chi connectivity index (χ4v) is 8.85. The summed E-state index contributed by atoms with van der Waals surface area (Å²) in [4.78, 5) is 18.9. The zero-order chi connectivity index (χ0) is 35.2. The third-order valence-electron chi connectivity index (χ3n) is 9.61. The minimum Gasteiger partial charge on any atom is -0.467 e. The number of hydrogen-bond acceptors (Lipinski definition) is 10. The van der Waals surface area contributed by atoms with Crippen molar-refractivity contribution in [2.24, 2.45) is 0 Å². The third kappa shape index (κ3) is 6.60. The summed E-state index contributed by atoms with van der Waals surface area (Å²) in [5.41, 5.74) is 0.142. The van der Waals surface area contributed by atoms with Gasteiger partial charge in [-0.15, -0.1) is 11.3 Å². The smallest absolute Gasteiger partial charge is 0.417 e. The van der Waals surface area contributed by atoms with Gasteiger partial charge in [0.25, 0.3) is 0 Å². The van der Waals surface area contributed by atoms with Gasteiger partial charge in [0.15, 0.2) is 0 Å². The molecule has 2 N–H and O–H groups in total. The van der Waals surface area contributed by atoms with E-state index in [0.29, 0.717) is 65.1 Å². The number of piperazine rings is 1. The number of hydrogen-bond donors (Lipinski definition) is 2. The fourth-order valence-electron chi connectivity index (χ4n) is 7.70. The quantitative estimate of drug-likeness (QED) is 0.193. The summed E-state index contributed by atoms with van der Waals surface area (Å²) >= 11 is 1.29. The highest BCUT2D eigenvalue weighted by molar-refractivity contribution is 7.26. The number of thiophene rings is 1. The van der Waals surface area contributed by atoms with Crippen LogP contribution in [0.5, 0.6) is 6.01 Å². The van der Waals surface area contributed by atoms with Gasteiger partial charge >= 0.3 is 12.2 Å². The van der Waals surface area contributed by atoms with Crippen molar-refractivity contribution >= 4 is 48.4 Å². The van der Waals surface area contributed by atoms with Crippen LogP contribution in [0.1, 0.15) is 50.7 Å². The van der Waals surface area contributed by atoms with E-state index < -0.39 is 17.9 Å². The molecule has 0 amide bonds. The van der Waals surface area contributed by atoms with E-state index in [2.05, 4.69) is 49.1 Å². The summed E-state index contributed by atoms with van der Waals surface area (Å²) in [5, 5.41) is 12.3. The van der Waals surface area contributed by atoms with Crippen LogP contribution in [0.25, 0.3) is 42.5 Å². The summed E-state index contributed by atoms with van der Waals surface area (Å²) < 4.78 is 67.6. The van der Waals surface area contributed by atoms with Crippen LogP contribution in [-0.2, 0) is 10.9 Å². The van der Waals surface area contributed by atoms with E-state index in [1.807, 2.05) is 6.07 Å². The third-order valence-corrected chi connectivity index (χ3v) is 10.7. The molecule has 9 rings (SSSR count). The highest BCUT2D eigenvalue weighted by Crippen LogP contribution is 2.48. The Kier molecular flexibility index (Phi) is 9.85. The zero-order valence-electron chi connectivity index (χ0n) is 28.6. The molecule has 5 aromatic rings. The van der Waals surface area contributed by atoms with Crippen molar-refractivity contribution in [3.8, 4) is 17.3 Å². The van der Waals surface area contributed by atoms with E-state index >= 15 is 0 Å². The maximum atomic E-state index is 14.4. The van der Waals surface area contributed by atoms with Gasteiger partial charge in [0.05, 0.1) is 53.4 Å². The Balaban J connectivity index is 0.000000277. The van der Waals surface area contributed by atoms with Crippen LogP contribution in [0.4, 0.5) is 23.4 Å². The number of ether oxygens (including phenoxy) is 2. The molecule has 4 aromatic heterocycles. The topological polar surface area (TPSA) is 104 Å². The van der Waals surface area contributed by atoms with Crippen molar-refractivity contribution in [2.75, 3.05) is 51.4 Å². The van der Waals surface area contributed by atoms with Gasteiger partial charge in [0.1, 0.15) is 16.8 Å². The van der Waals surface area contributed by atoms with Gasteiger partial charge in [-0.3, -0.25) is 15.0 Å². The van der Waals surface area contributed by atoms with E-state index in [9.17, 15) is 17.6 Å². The molecular weight excluding hydrogens is 672 g/mol. The van der Waals surface area contributed by atoms with E-state index in [0.717, 1.165) is 23.7 Å². The lowest BCUT2D eigenvalue weighted by atomic mass is 9.94. The Labute approximate surface area is 291 Å². The summed E-state index contributed by atoms with van der Waals surface area (Å²) in [5.74, 6) is 0.697. The van der Waals surface area contributed by atoms with Gasteiger partial charge in [-0.05, 0) is 50.4 Å². The monoisotopic (exact) mass is 714 g/mol. The number of nitrogens with one attached hydrogen (secondary N) is 2. The van der Waals surface area contributed by atoms with E-state index in [4.69, 9.17) is 14.5 Å². The van der Waals surface area contributed by atoms with Gasteiger partial charge < -0.3 is 19.7 Å². The summed E-state index contributed by atoms with van der Waals surface area (Å²) in [6, 6.07) is 4.41. The average molecular weight is 715 g/mol. The number of nitrogens with zero attached hydrogens (tertiary/aromatic N) is 6. The molecule has 4 unspecified atom stereocenters. The number of rotatable bonds is 3. The number of aromatic nitrogens is 5. The zero-order valence-corrected chi connectivity index (χ0v) is 29.4. The van der Waals surface area contributed by atoms with E-state index in [-0.39, 0.29) is 34.9 Å². The molecule has 4 saturated heterocycles. The molecule has 4 aliphatic rings. The predicted octanol–water partition coefficient (Wildman–Crippen LogP) is 6.90. The molecule has 50 heavy (non-hydrogen) atoms. The first-order valence-electron chi connectivity index (χ1n) is 17.2. The second-order valence-corrected chi connectivity index (χ2v) is 14.5. The Hall–Kier alpha value is -3.66. The van der Waals surface area contributed by atoms with Crippen LogP contribution < -0.4 is 15.0 Å². The molecule has 15 heteroatoms. The van der Waals surface area contributed by atoms with E-state index in [1.165, 1.54) is 56.9 Å². The van der Waals surface area contributed by atoms with Crippen molar-refractivity contribution in [2.45, 2.75) is 76.9 Å². The SMILES string of the molecule is CCC.COc1nc(N2CC3COCC(C2)N3)c2c(n1)sc1c(-c3c(C(F)(F)F)c(C)cc4[nH]ncc34)nccc12.FC1CC2CCCN2C1. The minimum atomic E-state index is -4.58. The number of morpholine rings is 1. The first kappa shape index (κ1) is 34.8. The number of halogens is 4. The fraction of sp³-hybridized carbons (Fsp3) is 0.543. The Morgan fingerprint density at radius 1 is 1.10 bits per heavy atom. The van der Waals surface area contributed by atoms with Gasteiger partial charge in [-0.25, -0.2) is 4.39 Å². The average Bonchev–Trinajstić information content (AvgIpc) is 3.87. The minimum absolute atomic E-state index is 0.00809. The lowest BCUT2D eigenvalue weighted by molar-refractivity contribution is -0.137. The molecule has 2 bridgehead atoms. The Bertz CT molecular complexity index is 1960. The van der Waals surface area contributed by atoms with Crippen molar-refractivity contribution < 1.29 is 27.0 Å². The molecule has 4 aliphatic heterocycles. The molecule has 8 heterocycles. The molecule has 4 atom stereocenters. The van der Waals surface area contributed by atoms with Crippen LogP contribution in [0.3, 0.4) is 0 Å². The number of aryl methyl sites for hydroxylation is 1. The molecule has 1 aromatic carbocycles. The number of aromatic amines is 1. The van der Waals surface area contributed by atoms with Crippen molar-refractivity contribution in [1.29, 1.82) is 0 Å². The van der Waals surface area contributed by atoms with Crippen LogP contribution in [0.2, 0.25) is 0 Å². The molecule has 0 radical (unpaired) electrons. The lowest BCUT2D eigenvalue weighted by Crippen LogP contribution is -2.63. The highest BCUT2D eigenvalue weighted by atomic mass is 32.1. The van der Waals surface area contributed by atoms with Gasteiger partial charge in [-0.2, -0.15) is 28.2 Å². The number of H-pyrrole nitrogens is 1. The highest BCUT2D eigenvalue weighted by Gasteiger charge is 2.39. The second kappa shape index (κ2) is 14.2.